The molecule has 142 valence electrons. The zero-order chi connectivity index (χ0) is 19.4. The van der Waals surface area contributed by atoms with E-state index in [1.807, 2.05) is 42.6 Å². The monoisotopic (exact) mass is 368 g/mol. The molecule has 0 aliphatic rings. The summed E-state index contributed by atoms with van der Waals surface area (Å²) in [5, 5.41) is 1.08. The third kappa shape index (κ3) is 3.84. The van der Waals surface area contributed by atoms with Crippen LogP contribution in [0.3, 0.4) is 0 Å². The van der Waals surface area contributed by atoms with Crippen molar-refractivity contribution in [3.8, 4) is 17.2 Å². The van der Waals surface area contributed by atoms with E-state index in [1.54, 1.807) is 33.3 Å². The molecule has 1 N–H and O–H groups in total. The van der Waals surface area contributed by atoms with Crippen LogP contribution in [0.1, 0.15) is 11.1 Å². The number of para-hydroxylation sites is 1. The molecule has 3 aromatic rings. The number of aromatic nitrogens is 1. The Bertz CT molecular complexity index is 923. The molecule has 6 heteroatoms. The number of likely N-dealkylation sites (N-methyl/N-ethyl adjacent to an activating group) is 1. The van der Waals surface area contributed by atoms with Gasteiger partial charge in [0.25, 0.3) is 0 Å². The number of H-pyrrole nitrogens is 1. The molecule has 0 saturated carbocycles. The smallest absolute Gasteiger partial charge is 0.227 e. The van der Waals surface area contributed by atoms with Crippen LogP contribution in [0.2, 0.25) is 0 Å². The molecule has 0 aliphatic carbocycles. The molecule has 0 spiro atoms. The second kappa shape index (κ2) is 8.03. The van der Waals surface area contributed by atoms with Crippen LogP contribution in [0.5, 0.6) is 17.2 Å². The number of ether oxygens (including phenoxy) is 3. The van der Waals surface area contributed by atoms with Gasteiger partial charge in [-0.3, -0.25) is 4.79 Å². The van der Waals surface area contributed by atoms with E-state index < -0.39 is 0 Å². The fourth-order valence-electron chi connectivity index (χ4n) is 3.16. The topological polar surface area (TPSA) is 63.8 Å². The van der Waals surface area contributed by atoms with Crippen molar-refractivity contribution in [1.82, 2.24) is 9.88 Å². The number of nitrogens with zero attached hydrogens (tertiary/aromatic N) is 1. The van der Waals surface area contributed by atoms with Crippen LogP contribution < -0.4 is 14.2 Å². The second-order valence-electron chi connectivity index (χ2n) is 6.32. The molecule has 1 aromatic heterocycles. The lowest BCUT2D eigenvalue weighted by molar-refractivity contribution is -0.129. The number of fused-ring (bicyclic) bond motifs is 1. The van der Waals surface area contributed by atoms with Crippen LogP contribution in [0.4, 0.5) is 0 Å². The van der Waals surface area contributed by atoms with E-state index in [9.17, 15) is 4.79 Å². The van der Waals surface area contributed by atoms with Gasteiger partial charge in [0, 0.05) is 30.7 Å². The maximum absolute atomic E-state index is 12.7. The van der Waals surface area contributed by atoms with E-state index in [0.717, 1.165) is 22.0 Å². The zero-order valence-corrected chi connectivity index (χ0v) is 16.0. The summed E-state index contributed by atoms with van der Waals surface area (Å²) >= 11 is 0. The predicted octanol–water partition coefficient (Wildman–Crippen LogP) is 3.39. The lowest BCUT2D eigenvalue weighted by Crippen LogP contribution is -2.27. The van der Waals surface area contributed by atoms with E-state index in [0.29, 0.717) is 30.2 Å². The molecular formula is C21H24N2O4. The Morgan fingerprint density at radius 2 is 1.70 bits per heavy atom. The molecule has 1 heterocycles. The van der Waals surface area contributed by atoms with Gasteiger partial charge in [0.05, 0.1) is 27.8 Å². The molecule has 0 saturated heterocycles. The Morgan fingerprint density at radius 1 is 1.04 bits per heavy atom. The van der Waals surface area contributed by atoms with E-state index in [2.05, 4.69) is 4.98 Å². The Balaban J connectivity index is 1.76. The minimum absolute atomic E-state index is 0.0357. The summed E-state index contributed by atoms with van der Waals surface area (Å²) in [6.45, 7) is 0.442. The van der Waals surface area contributed by atoms with Gasteiger partial charge in [-0.1, -0.05) is 18.2 Å². The van der Waals surface area contributed by atoms with Crippen molar-refractivity contribution in [2.24, 2.45) is 0 Å². The lowest BCUT2D eigenvalue weighted by atomic mass is 10.1. The summed E-state index contributed by atoms with van der Waals surface area (Å²) in [6.07, 6.45) is 2.24. The fraction of sp³-hybridized carbons (Fsp3) is 0.286. The number of methoxy groups -OCH3 is 3. The highest BCUT2D eigenvalue weighted by molar-refractivity contribution is 5.88. The molecule has 0 unspecified atom stereocenters. The molecule has 0 fully saturated rings. The molecule has 0 aliphatic heterocycles. The third-order valence-electron chi connectivity index (χ3n) is 4.59. The van der Waals surface area contributed by atoms with Gasteiger partial charge in [-0.05, 0) is 29.3 Å². The standard InChI is InChI=1S/C21H24N2O4/c1-23(13-14-9-18(25-2)21(27-4)19(10-14)26-3)20(24)11-15-12-22-17-8-6-5-7-16(15)17/h5-10,12,22H,11,13H2,1-4H3. The summed E-state index contributed by atoms with van der Waals surface area (Å²) in [6, 6.07) is 11.7. The Morgan fingerprint density at radius 3 is 2.33 bits per heavy atom. The first-order valence-electron chi connectivity index (χ1n) is 8.65. The second-order valence-corrected chi connectivity index (χ2v) is 6.32. The molecule has 0 bridgehead atoms. The summed E-state index contributed by atoms with van der Waals surface area (Å²) in [7, 11) is 6.51. The largest absolute Gasteiger partial charge is 0.493 e. The minimum atomic E-state index is 0.0357. The number of amides is 1. The summed E-state index contributed by atoms with van der Waals surface area (Å²) < 4.78 is 16.1. The highest BCUT2D eigenvalue weighted by Gasteiger charge is 2.17. The zero-order valence-electron chi connectivity index (χ0n) is 16.0. The normalized spacial score (nSPS) is 10.7. The average molecular weight is 368 g/mol. The van der Waals surface area contributed by atoms with Crippen molar-refractivity contribution >= 4 is 16.8 Å². The van der Waals surface area contributed by atoms with Crippen molar-refractivity contribution < 1.29 is 19.0 Å². The molecule has 2 aromatic carbocycles. The molecular weight excluding hydrogens is 344 g/mol. The SMILES string of the molecule is COc1cc(CN(C)C(=O)Cc2c[nH]c3ccccc23)cc(OC)c1OC. The highest BCUT2D eigenvalue weighted by Crippen LogP contribution is 2.38. The van der Waals surface area contributed by atoms with Gasteiger partial charge < -0.3 is 24.1 Å². The summed E-state index contributed by atoms with van der Waals surface area (Å²) in [5.74, 6) is 1.72. The lowest BCUT2D eigenvalue weighted by Gasteiger charge is -2.19. The number of rotatable bonds is 7. The summed E-state index contributed by atoms with van der Waals surface area (Å²) in [4.78, 5) is 17.6. The Kier molecular flexibility index (Phi) is 5.54. The van der Waals surface area contributed by atoms with Gasteiger partial charge in [0.2, 0.25) is 11.7 Å². The van der Waals surface area contributed by atoms with Gasteiger partial charge in [-0.25, -0.2) is 0 Å². The van der Waals surface area contributed by atoms with Crippen molar-refractivity contribution in [1.29, 1.82) is 0 Å². The van der Waals surface area contributed by atoms with Crippen LogP contribution in [0.15, 0.2) is 42.6 Å². The molecule has 0 radical (unpaired) electrons. The predicted molar refractivity (Wildman–Crippen MR) is 105 cm³/mol. The third-order valence-corrected chi connectivity index (χ3v) is 4.59. The number of aromatic amines is 1. The van der Waals surface area contributed by atoms with Gasteiger partial charge in [0.1, 0.15) is 0 Å². The first-order valence-corrected chi connectivity index (χ1v) is 8.65. The Labute approximate surface area is 158 Å². The van der Waals surface area contributed by atoms with Gasteiger partial charge in [0.15, 0.2) is 11.5 Å². The number of hydrogen-bond donors (Lipinski definition) is 1. The quantitative estimate of drug-likeness (QED) is 0.694. The minimum Gasteiger partial charge on any atom is -0.493 e. The van der Waals surface area contributed by atoms with Crippen LogP contribution in [-0.4, -0.2) is 44.2 Å². The summed E-state index contributed by atoms with van der Waals surface area (Å²) in [5.41, 5.74) is 2.93. The van der Waals surface area contributed by atoms with Crippen molar-refractivity contribution in [3.63, 3.8) is 0 Å². The van der Waals surface area contributed by atoms with Crippen LogP contribution in [-0.2, 0) is 17.8 Å². The first kappa shape index (κ1) is 18.6. The molecule has 0 atom stereocenters. The molecule has 27 heavy (non-hydrogen) atoms. The maximum Gasteiger partial charge on any atom is 0.227 e. The van der Waals surface area contributed by atoms with E-state index in [-0.39, 0.29) is 5.91 Å². The van der Waals surface area contributed by atoms with Gasteiger partial charge in [-0.2, -0.15) is 0 Å². The van der Waals surface area contributed by atoms with Gasteiger partial charge in [-0.15, -0.1) is 0 Å². The van der Waals surface area contributed by atoms with Crippen LogP contribution >= 0.6 is 0 Å². The number of carbonyl (C=O) groups excluding carboxylic acids is 1. The van der Waals surface area contributed by atoms with Gasteiger partial charge >= 0.3 is 0 Å². The van der Waals surface area contributed by atoms with Crippen molar-refractivity contribution in [2.75, 3.05) is 28.4 Å². The van der Waals surface area contributed by atoms with Crippen LogP contribution in [0, 0.1) is 0 Å². The molecule has 6 nitrogen and oxygen atoms in total. The van der Waals surface area contributed by atoms with Crippen molar-refractivity contribution in [2.45, 2.75) is 13.0 Å². The number of carbonyl (C=O) groups is 1. The van der Waals surface area contributed by atoms with E-state index >= 15 is 0 Å². The van der Waals surface area contributed by atoms with E-state index in [4.69, 9.17) is 14.2 Å². The van der Waals surface area contributed by atoms with E-state index in [1.165, 1.54) is 0 Å². The average Bonchev–Trinajstić information content (AvgIpc) is 3.10. The number of hydrogen-bond acceptors (Lipinski definition) is 4. The van der Waals surface area contributed by atoms with Crippen LogP contribution in [0.25, 0.3) is 10.9 Å². The maximum atomic E-state index is 12.7. The number of nitrogens with one attached hydrogen (secondary N) is 1. The highest BCUT2D eigenvalue weighted by atomic mass is 16.5. The Hall–Kier alpha value is -3.15. The fourth-order valence-corrected chi connectivity index (χ4v) is 3.16. The van der Waals surface area contributed by atoms with Crippen molar-refractivity contribution in [3.05, 3.63) is 53.7 Å². The molecule has 1 amide bonds. The molecule has 3 rings (SSSR count). The number of benzene rings is 2. The first-order chi connectivity index (χ1) is 13.1.